The largest absolute Gasteiger partial charge is 0.375 e. The molecule has 0 spiro atoms. The maximum absolute atomic E-state index is 9.62. The average Bonchev–Trinajstić information content (AvgIpc) is 3.26. The second-order valence-corrected chi connectivity index (χ2v) is 8.93. The van der Waals surface area contributed by atoms with Crippen LogP contribution < -0.4 is 4.90 Å². The lowest BCUT2D eigenvalue weighted by atomic mass is 10.0. The summed E-state index contributed by atoms with van der Waals surface area (Å²) in [5, 5.41) is 12.1. The first-order chi connectivity index (χ1) is 16.5. The third-order valence-electron chi connectivity index (χ3n) is 6.75. The summed E-state index contributed by atoms with van der Waals surface area (Å²) < 4.78 is 2.20. The first kappa shape index (κ1) is 23.7. The van der Waals surface area contributed by atoms with Gasteiger partial charge in [0.15, 0.2) is 0 Å². The van der Waals surface area contributed by atoms with E-state index < -0.39 is 0 Å². The Kier molecular flexibility index (Phi) is 7.09. The molecule has 0 radical (unpaired) electrons. The highest BCUT2D eigenvalue weighted by Crippen LogP contribution is 2.32. The first-order valence-corrected chi connectivity index (χ1v) is 12.2. The lowest BCUT2D eigenvalue weighted by Gasteiger charge is -2.34. The average molecular weight is 454 g/mol. The number of aromatic nitrogens is 1. The van der Waals surface area contributed by atoms with E-state index in [2.05, 4.69) is 83.1 Å². The monoisotopic (exact) mass is 453 g/mol. The third kappa shape index (κ3) is 4.60. The molecule has 3 aromatic rings. The third-order valence-corrected chi connectivity index (χ3v) is 6.75. The van der Waals surface area contributed by atoms with Gasteiger partial charge in [-0.05, 0) is 66.0 Å². The molecule has 2 aromatic carbocycles. The predicted molar refractivity (Wildman–Crippen MR) is 144 cm³/mol. The highest BCUT2D eigenvalue weighted by atomic mass is 15.2. The van der Waals surface area contributed by atoms with Crippen molar-refractivity contribution in [3.05, 3.63) is 72.1 Å². The Bertz CT molecular complexity index is 1270. The molecule has 0 bridgehead atoms. The van der Waals surface area contributed by atoms with Crippen LogP contribution in [0.2, 0.25) is 0 Å². The van der Waals surface area contributed by atoms with Crippen LogP contribution in [0.5, 0.6) is 0 Å². The number of anilines is 1. The van der Waals surface area contributed by atoms with E-state index in [1.165, 1.54) is 22.0 Å². The molecule has 0 saturated carbocycles. The minimum atomic E-state index is 0.647. The van der Waals surface area contributed by atoms with Crippen LogP contribution in [-0.4, -0.2) is 61.2 Å². The molecule has 2 aliphatic heterocycles. The zero-order chi connectivity index (χ0) is 24.2. The second-order valence-electron chi connectivity index (χ2n) is 8.93. The van der Waals surface area contributed by atoms with Gasteiger partial charge in [0.2, 0.25) is 0 Å². The zero-order valence-corrected chi connectivity index (χ0v) is 21.0. The number of nitriles is 1. The Balaban J connectivity index is 0.00000133. The Morgan fingerprint density at radius 3 is 2.21 bits per heavy atom. The van der Waals surface area contributed by atoms with Crippen LogP contribution in [0.4, 0.5) is 5.69 Å². The van der Waals surface area contributed by atoms with Gasteiger partial charge in [0.05, 0.1) is 18.2 Å². The van der Waals surface area contributed by atoms with E-state index in [-0.39, 0.29) is 0 Å². The number of allylic oxidation sites excluding steroid dienone is 2. The van der Waals surface area contributed by atoms with Gasteiger partial charge in [-0.25, -0.2) is 0 Å². The fourth-order valence-corrected chi connectivity index (χ4v) is 4.75. The van der Waals surface area contributed by atoms with Crippen molar-refractivity contribution in [1.82, 2.24) is 14.4 Å². The number of hydrogen-bond donors (Lipinski definition) is 0. The molecule has 0 N–H and O–H groups in total. The van der Waals surface area contributed by atoms with Crippen LogP contribution in [0.15, 0.2) is 66.4 Å². The molecule has 5 rings (SSSR count). The summed E-state index contributed by atoms with van der Waals surface area (Å²) in [4.78, 5) is 6.90. The van der Waals surface area contributed by atoms with Crippen LogP contribution in [-0.2, 0) is 7.05 Å². The molecule has 5 heteroatoms. The number of rotatable bonds is 3. The van der Waals surface area contributed by atoms with Crippen molar-refractivity contribution in [2.75, 3.05) is 51.7 Å². The Hall–Kier alpha value is -3.49. The summed E-state index contributed by atoms with van der Waals surface area (Å²) in [6.45, 7) is 9.03. The number of nitrogens with zero attached hydrogens (tertiary/aromatic N) is 5. The first-order valence-electron chi connectivity index (χ1n) is 12.2. The lowest BCUT2D eigenvalue weighted by Crippen LogP contribution is -2.44. The summed E-state index contributed by atoms with van der Waals surface area (Å²) in [7, 11) is 6.26. The fourth-order valence-electron chi connectivity index (χ4n) is 4.75. The smallest absolute Gasteiger partial charge is 0.0973 e. The number of fused-ring (bicyclic) bond motifs is 1. The Labute approximate surface area is 203 Å². The molecule has 1 aromatic heterocycles. The lowest BCUT2D eigenvalue weighted by molar-refractivity contribution is 0.313. The van der Waals surface area contributed by atoms with E-state index in [4.69, 9.17) is 0 Å². The van der Waals surface area contributed by atoms with Gasteiger partial charge in [0.25, 0.3) is 0 Å². The molecule has 3 heterocycles. The normalized spacial score (nSPS) is 16.5. The van der Waals surface area contributed by atoms with E-state index in [9.17, 15) is 5.26 Å². The molecule has 1 fully saturated rings. The van der Waals surface area contributed by atoms with Crippen molar-refractivity contribution in [3.8, 4) is 17.3 Å². The van der Waals surface area contributed by atoms with Gasteiger partial charge in [-0.15, -0.1) is 0 Å². The minimum Gasteiger partial charge on any atom is -0.375 e. The van der Waals surface area contributed by atoms with Crippen LogP contribution in [0, 0.1) is 11.3 Å². The molecule has 0 aliphatic carbocycles. The predicted octanol–water partition coefficient (Wildman–Crippen LogP) is 5.36. The van der Waals surface area contributed by atoms with Gasteiger partial charge >= 0.3 is 0 Å². The summed E-state index contributed by atoms with van der Waals surface area (Å²) in [5.74, 6) is 0. The van der Waals surface area contributed by atoms with Gasteiger partial charge in [0, 0.05) is 62.9 Å². The summed E-state index contributed by atoms with van der Waals surface area (Å²) in [6, 6.07) is 20.2. The number of likely N-dealkylation sites (N-methyl/N-ethyl adjacent to an activating group) is 2. The number of hydrogen-bond acceptors (Lipinski definition) is 4. The van der Waals surface area contributed by atoms with E-state index in [1.807, 2.05) is 38.1 Å². The topological polar surface area (TPSA) is 38.4 Å². The van der Waals surface area contributed by atoms with E-state index in [0.717, 1.165) is 48.7 Å². The van der Waals surface area contributed by atoms with E-state index >= 15 is 0 Å². The summed E-state index contributed by atoms with van der Waals surface area (Å²) in [6.07, 6.45) is 4.08. The van der Waals surface area contributed by atoms with Crippen LogP contribution in [0.1, 0.15) is 19.5 Å². The highest BCUT2D eigenvalue weighted by molar-refractivity contribution is 5.90. The number of benzene rings is 2. The molecular weight excluding hydrogens is 418 g/mol. The molecule has 0 amide bonds. The quantitative estimate of drug-likeness (QED) is 0.535. The molecule has 2 aliphatic rings. The van der Waals surface area contributed by atoms with E-state index in [0.29, 0.717) is 6.54 Å². The molecule has 34 heavy (non-hydrogen) atoms. The SMILES string of the molecule is CC.CN1C=CC(c2ccc(-c3ccc4cc(N5CCN(C)CC5)ccc4c3)n2C)=C(C#N)C1. The van der Waals surface area contributed by atoms with Gasteiger partial charge in [-0.2, -0.15) is 5.26 Å². The van der Waals surface area contributed by atoms with Crippen LogP contribution in [0.25, 0.3) is 27.6 Å². The Morgan fingerprint density at radius 1 is 0.794 bits per heavy atom. The molecule has 1 saturated heterocycles. The fraction of sp³-hybridized carbons (Fsp3) is 0.345. The molecule has 176 valence electrons. The van der Waals surface area contributed by atoms with Crippen LogP contribution in [0.3, 0.4) is 0 Å². The van der Waals surface area contributed by atoms with Crippen molar-refractivity contribution in [2.45, 2.75) is 13.8 Å². The zero-order valence-electron chi connectivity index (χ0n) is 21.0. The maximum atomic E-state index is 9.62. The van der Waals surface area contributed by atoms with Gasteiger partial charge in [0.1, 0.15) is 0 Å². The van der Waals surface area contributed by atoms with Crippen molar-refractivity contribution in [3.63, 3.8) is 0 Å². The summed E-state index contributed by atoms with van der Waals surface area (Å²) >= 11 is 0. The standard InChI is InChI=1S/C27H29N5.C2H6/c1-29-12-14-32(15-13-29)24-7-6-20-16-22(5-4-21(20)17-24)26-8-9-27(31(26)3)25-10-11-30(2)19-23(25)18-28;1-2/h4-11,16-17H,12-15,19H2,1-3H3;1-2H3. The van der Waals surface area contributed by atoms with Gasteiger partial charge < -0.3 is 19.3 Å². The van der Waals surface area contributed by atoms with Crippen molar-refractivity contribution in [1.29, 1.82) is 5.26 Å². The van der Waals surface area contributed by atoms with Crippen LogP contribution >= 0.6 is 0 Å². The summed E-state index contributed by atoms with van der Waals surface area (Å²) in [5.41, 5.74) is 6.54. The van der Waals surface area contributed by atoms with Gasteiger partial charge in [-0.1, -0.05) is 32.0 Å². The molecular formula is C29H35N5. The Morgan fingerprint density at radius 2 is 1.47 bits per heavy atom. The molecule has 0 unspecified atom stereocenters. The molecule has 0 atom stereocenters. The van der Waals surface area contributed by atoms with Crippen molar-refractivity contribution < 1.29 is 0 Å². The number of piperazine rings is 1. The van der Waals surface area contributed by atoms with Gasteiger partial charge in [-0.3, -0.25) is 0 Å². The maximum Gasteiger partial charge on any atom is 0.0973 e. The van der Waals surface area contributed by atoms with Crippen molar-refractivity contribution in [2.24, 2.45) is 7.05 Å². The minimum absolute atomic E-state index is 0.647. The van der Waals surface area contributed by atoms with Crippen molar-refractivity contribution >= 4 is 22.0 Å². The molecule has 5 nitrogen and oxygen atoms in total. The van der Waals surface area contributed by atoms with E-state index in [1.54, 1.807) is 0 Å². The highest BCUT2D eigenvalue weighted by Gasteiger charge is 2.18. The second kappa shape index (κ2) is 10.2.